The zero-order chi connectivity index (χ0) is 24.2. The Bertz CT molecular complexity index is 1270. The molecule has 0 atom stereocenters. The number of benzene rings is 2. The number of ether oxygens (including phenoxy) is 1. The number of hydrogen-bond donors (Lipinski definition) is 2. The maximum Gasteiger partial charge on any atom is 0.323 e. The number of likely N-dealkylation sites (N-methyl/N-ethyl adjacent to an activating group) is 1. The number of rotatable bonds is 9. The van der Waals surface area contributed by atoms with Gasteiger partial charge in [0.15, 0.2) is 0 Å². The summed E-state index contributed by atoms with van der Waals surface area (Å²) in [5, 5.41) is 3.20. The Kier molecular flexibility index (Phi) is 9.24. The van der Waals surface area contributed by atoms with E-state index in [9.17, 15) is 4.79 Å². The van der Waals surface area contributed by atoms with Crippen LogP contribution >= 0.6 is 39.7 Å². The number of fused-ring (bicyclic) bond motifs is 1. The molecule has 35 heavy (non-hydrogen) atoms. The van der Waals surface area contributed by atoms with Gasteiger partial charge in [-0.1, -0.05) is 0 Å². The summed E-state index contributed by atoms with van der Waals surface area (Å²) in [4.78, 5) is 20.9. The number of halogens is 2. The average molecular weight is 578 g/mol. The van der Waals surface area contributed by atoms with Gasteiger partial charge in [0, 0.05) is 44.9 Å². The molecule has 2 amide bonds. The minimum absolute atomic E-state index is 0. The number of nitrogens with two attached hydrogens (primary N) is 1. The molecule has 0 spiro atoms. The molecule has 0 aliphatic rings. The molecule has 0 saturated heterocycles. The largest absolute Gasteiger partial charge is 0.491 e. The van der Waals surface area contributed by atoms with E-state index in [2.05, 4.69) is 50.5 Å². The van der Waals surface area contributed by atoms with Crippen LogP contribution in [0.15, 0.2) is 64.6 Å². The van der Waals surface area contributed by atoms with Crippen LogP contribution < -0.4 is 15.4 Å². The van der Waals surface area contributed by atoms with Crippen LogP contribution in [0.1, 0.15) is 24.3 Å². The Hall–Kier alpha value is -2.52. The predicted molar refractivity (Wildman–Crippen MR) is 152 cm³/mol. The first-order valence-corrected chi connectivity index (χ1v) is 12.8. The first kappa shape index (κ1) is 27.1. The van der Waals surface area contributed by atoms with Gasteiger partial charge in [0.25, 0.3) is 0 Å². The Morgan fingerprint density at radius 3 is 2.49 bits per heavy atom. The van der Waals surface area contributed by atoms with Gasteiger partial charge in [-0.25, -0.2) is 4.79 Å². The number of urea groups is 1. The number of nitrogens with zero attached hydrogens (tertiary/aromatic N) is 2. The third-order valence-electron chi connectivity index (χ3n) is 5.51. The van der Waals surface area contributed by atoms with Crippen molar-refractivity contribution in [3.63, 3.8) is 0 Å². The molecule has 2 heterocycles. The molecule has 0 bridgehead atoms. The first-order valence-electron chi connectivity index (χ1n) is 11.2. The van der Waals surface area contributed by atoms with Gasteiger partial charge in [0.2, 0.25) is 0 Å². The summed E-state index contributed by atoms with van der Waals surface area (Å²) in [7, 11) is 2.13. The standard InChI is InChI=1S/C26H29BrN4O2S.ClH/c1-17(2)33-22-7-4-20(5-8-22)31(26(28)32)21-6-9-25-24(13-21)18(14-29-25)10-11-30(3)15-23-12-19(27)16-34-23;/h4-9,12-14,16-17,29H,10-11,15H2,1-3H3,(H2,28,32);1H. The maximum absolute atomic E-state index is 12.4. The van der Waals surface area contributed by atoms with Crippen molar-refractivity contribution in [2.24, 2.45) is 5.73 Å². The van der Waals surface area contributed by atoms with Gasteiger partial charge in [-0.05, 0) is 97.3 Å². The van der Waals surface area contributed by atoms with Crippen molar-refractivity contribution in [2.75, 3.05) is 18.5 Å². The zero-order valence-electron chi connectivity index (χ0n) is 20.0. The second-order valence-electron chi connectivity index (χ2n) is 8.60. The van der Waals surface area contributed by atoms with Gasteiger partial charge >= 0.3 is 6.03 Å². The molecular weight excluding hydrogens is 548 g/mol. The van der Waals surface area contributed by atoms with E-state index in [-0.39, 0.29) is 18.5 Å². The molecule has 2 aromatic carbocycles. The van der Waals surface area contributed by atoms with Crippen LogP contribution in [-0.2, 0) is 13.0 Å². The van der Waals surface area contributed by atoms with E-state index in [1.165, 1.54) is 15.3 Å². The monoisotopic (exact) mass is 576 g/mol. The number of thiophene rings is 1. The minimum Gasteiger partial charge on any atom is -0.491 e. The van der Waals surface area contributed by atoms with Crippen LogP contribution in [0.25, 0.3) is 10.9 Å². The van der Waals surface area contributed by atoms with Crippen molar-refractivity contribution >= 4 is 68.0 Å². The van der Waals surface area contributed by atoms with Gasteiger partial charge in [-0.15, -0.1) is 23.7 Å². The number of hydrogen-bond acceptors (Lipinski definition) is 4. The topological polar surface area (TPSA) is 74.6 Å². The van der Waals surface area contributed by atoms with Gasteiger partial charge in [0.05, 0.1) is 17.5 Å². The van der Waals surface area contributed by atoms with Crippen LogP contribution in [-0.4, -0.2) is 35.6 Å². The fourth-order valence-electron chi connectivity index (χ4n) is 3.95. The van der Waals surface area contributed by atoms with E-state index in [4.69, 9.17) is 10.5 Å². The number of aromatic amines is 1. The summed E-state index contributed by atoms with van der Waals surface area (Å²) in [5.41, 5.74) is 9.46. The fraction of sp³-hybridized carbons (Fsp3) is 0.269. The lowest BCUT2D eigenvalue weighted by Crippen LogP contribution is -2.31. The molecule has 0 unspecified atom stereocenters. The van der Waals surface area contributed by atoms with E-state index in [0.29, 0.717) is 5.69 Å². The number of primary amides is 1. The molecule has 2 aromatic heterocycles. The third kappa shape index (κ3) is 6.79. The number of aromatic nitrogens is 1. The van der Waals surface area contributed by atoms with E-state index in [1.807, 2.05) is 56.3 Å². The molecule has 0 fully saturated rings. The van der Waals surface area contributed by atoms with Crippen molar-refractivity contribution in [2.45, 2.75) is 32.9 Å². The molecule has 186 valence electrons. The van der Waals surface area contributed by atoms with Crippen molar-refractivity contribution < 1.29 is 9.53 Å². The quantitative estimate of drug-likeness (QED) is 0.223. The SMILES string of the molecule is CC(C)Oc1ccc(N(C(N)=O)c2ccc3[nH]cc(CCN(C)Cc4cc(Br)cs4)c3c2)cc1.Cl. The van der Waals surface area contributed by atoms with Gasteiger partial charge in [-0.2, -0.15) is 0 Å². The molecule has 4 rings (SSSR count). The van der Waals surface area contributed by atoms with Crippen molar-refractivity contribution in [3.05, 3.63) is 75.0 Å². The number of anilines is 2. The number of amides is 2. The highest BCUT2D eigenvalue weighted by Crippen LogP contribution is 2.31. The third-order valence-corrected chi connectivity index (χ3v) is 7.19. The maximum atomic E-state index is 12.4. The van der Waals surface area contributed by atoms with E-state index < -0.39 is 6.03 Å². The summed E-state index contributed by atoms with van der Waals surface area (Å²) in [6.45, 7) is 5.79. The molecule has 0 saturated carbocycles. The highest BCUT2D eigenvalue weighted by molar-refractivity contribution is 9.10. The van der Waals surface area contributed by atoms with Crippen LogP contribution in [0.2, 0.25) is 0 Å². The minimum atomic E-state index is -0.532. The lowest BCUT2D eigenvalue weighted by molar-refractivity contribution is 0.242. The van der Waals surface area contributed by atoms with Crippen molar-refractivity contribution in [1.29, 1.82) is 0 Å². The summed E-state index contributed by atoms with van der Waals surface area (Å²) in [6.07, 6.45) is 3.03. The molecular formula is C26H30BrClN4O2S. The summed E-state index contributed by atoms with van der Waals surface area (Å²) in [5.74, 6) is 0.755. The number of carbonyl (C=O) groups is 1. The average Bonchev–Trinajstić information content (AvgIpc) is 3.38. The predicted octanol–water partition coefficient (Wildman–Crippen LogP) is 7.09. The second-order valence-corrected chi connectivity index (χ2v) is 10.5. The number of H-pyrrole nitrogens is 1. The highest BCUT2D eigenvalue weighted by atomic mass is 79.9. The fourth-order valence-corrected chi connectivity index (χ4v) is 5.49. The molecule has 0 radical (unpaired) electrons. The molecule has 0 aliphatic carbocycles. The molecule has 9 heteroatoms. The Balaban J connectivity index is 0.00000342. The highest BCUT2D eigenvalue weighted by Gasteiger charge is 2.17. The lowest BCUT2D eigenvalue weighted by Gasteiger charge is -2.21. The van der Waals surface area contributed by atoms with Crippen LogP contribution in [0.4, 0.5) is 16.2 Å². The molecule has 6 nitrogen and oxygen atoms in total. The van der Waals surface area contributed by atoms with E-state index in [1.54, 1.807) is 11.3 Å². The smallest absolute Gasteiger partial charge is 0.323 e. The van der Waals surface area contributed by atoms with Gasteiger partial charge < -0.3 is 20.4 Å². The van der Waals surface area contributed by atoms with Crippen LogP contribution in [0.3, 0.4) is 0 Å². The Morgan fingerprint density at radius 2 is 1.86 bits per heavy atom. The van der Waals surface area contributed by atoms with E-state index in [0.717, 1.165) is 46.3 Å². The molecule has 4 aromatic rings. The van der Waals surface area contributed by atoms with Crippen LogP contribution in [0, 0.1) is 0 Å². The molecule has 3 N–H and O–H groups in total. The normalized spacial score (nSPS) is 11.1. The second kappa shape index (κ2) is 11.9. The zero-order valence-corrected chi connectivity index (χ0v) is 23.2. The first-order chi connectivity index (χ1) is 16.3. The van der Waals surface area contributed by atoms with Crippen LogP contribution in [0.5, 0.6) is 5.75 Å². The van der Waals surface area contributed by atoms with Gasteiger partial charge in [0.1, 0.15) is 5.75 Å². The summed E-state index contributed by atoms with van der Waals surface area (Å²) >= 11 is 5.28. The molecule has 0 aliphatic heterocycles. The number of carbonyl (C=O) groups excluding carboxylic acids is 1. The summed E-state index contributed by atoms with van der Waals surface area (Å²) in [6, 6.07) is 15.0. The van der Waals surface area contributed by atoms with Crippen molar-refractivity contribution in [3.8, 4) is 5.75 Å². The van der Waals surface area contributed by atoms with Gasteiger partial charge in [-0.3, -0.25) is 4.90 Å². The lowest BCUT2D eigenvalue weighted by atomic mass is 10.1. The van der Waals surface area contributed by atoms with Crippen molar-refractivity contribution in [1.82, 2.24) is 9.88 Å². The Morgan fingerprint density at radius 1 is 1.14 bits per heavy atom. The van der Waals surface area contributed by atoms with E-state index >= 15 is 0 Å². The number of nitrogens with one attached hydrogen (secondary N) is 1. The summed E-state index contributed by atoms with van der Waals surface area (Å²) < 4.78 is 6.85. The Labute approximate surface area is 224 Å².